The van der Waals surface area contributed by atoms with E-state index in [4.69, 9.17) is 16.0 Å². The average Bonchev–Trinajstić information content (AvgIpc) is 2.73. The van der Waals surface area contributed by atoms with Crippen LogP contribution in [0.2, 0.25) is 5.02 Å². The molecule has 1 aromatic heterocycles. The Bertz CT molecular complexity index is 864. The summed E-state index contributed by atoms with van der Waals surface area (Å²) in [5.74, 6) is -1.09. The molecule has 0 fully saturated rings. The maximum Gasteiger partial charge on any atom is 0.419 e. The summed E-state index contributed by atoms with van der Waals surface area (Å²) in [6, 6.07) is 8.94. The van der Waals surface area contributed by atoms with E-state index in [-0.39, 0.29) is 10.6 Å². The van der Waals surface area contributed by atoms with Crippen molar-refractivity contribution in [1.82, 2.24) is 4.57 Å². The van der Waals surface area contributed by atoms with Crippen LogP contribution in [0, 0.1) is 5.82 Å². The maximum atomic E-state index is 13.8. The van der Waals surface area contributed by atoms with Crippen LogP contribution >= 0.6 is 11.6 Å². The number of hydrogen-bond acceptors (Lipinski definition) is 3. The monoisotopic (exact) mass is 307 g/mol. The van der Waals surface area contributed by atoms with E-state index in [1.165, 1.54) is 28.8 Å². The van der Waals surface area contributed by atoms with Gasteiger partial charge in [-0.3, -0.25) is 4.57 Å². The molecule has 3 aromatic rings. The number of aromatic nitrogens is 1. The SMILES string of the molecule is Cn1c(=O)oc2cc(C(O)c3c(F)cccc3Cl)ccc21. The molecule has 0 spiro atoms. The number of aliphatic hydroxyl groups is 1. The van der Waals surface area contributed by atoms with Crippen LogP contribution in [0.5, 0.6) is 0 Å². The molecule has 0 radical (unpaired) electrons. The summed E-state index contributed by atoms with van der Waals surface area (Å²) in [6.45, 7) is 0. The van der Waals surface area contributed by atoms with E-state index < -0.39 is 17.7 Å². The van der Waals surface area contributed by atoms with Crippen molar-refractivity contribution < 1.29 is 13.9 Å². The molecule has 0 saturated carbocycles. The Morgan fingerprint density at radius 2 is 2.10 bits per heavy atom. The number of rotatable bonds is 2. The van der Waals surface area contributed by atoms with Gasteiger partial charge in [0, 0.05) is 17.6 Å². The lowest BCUT2D eigenvalue weighted by molar-refractivity contribution is 0.215. The first-order chi connectivity index (χ1) is 9.99. The Balaban J connectivity index is 2.14. The zero-order chi connectivity index (χ0) is 15.1. The molecule has 0 saturated heterocycles. The van der Waals surface area contributed by atoms with Crippen LogP contribution in [-0.2, 0) is 7.05 Å². The molecule has 1 heterocycles. The third-order valence-corrected chi connectivity index (χ3v) is 3.73. The normalized spacial score (nSPS) is 12.8. The largest absolute Gasteiger partial charge is 0.419 e. The van der Waals surface area contributed by atoms with Crippen molar-refractivity contribution in [2.24, 2.45) is 7.05 Å². The Morgan fingerprint density at radius 1 is 1.33 bits per heavy atom. The van der Waals surface area contributed by atoms with Crippen LogP contribution in [0.15, 0.2) is 45.6 Å². The number of benzene rings is 2. The van der Waals surface area contributed by atoms with Crippen molar-refractivity contribution >= 4 is 22.7 Å². The standard InChI is InChI=1S/C15H11ClFNO3/c1-18-11-6-5-8(7-12(11)21-15(18)20)14(19)13-9(16)3-2-4-10(13)17/h2-7,14,19H,1H3. The summed E-state index contributed by atoms with van der Waals surface area (Å²) >= 11 is 5.94. The quantitative estimate of drug-likeness (QED) is 0.792. The van der Waals surface area contributed by atoms with Crippen LogP contribution < -0.4 is 5.76 Å². The fraction of sp³-hybridized carbons (Fsp3) is 0.133. The van der Waals surface area contributed by atoms with Crippen molar-refractivity contribution in [3.8, 4) is 0 Å². The Labute approximate surface area is 124 Å². The van der Waals surface area contributed by atoms with Gasteiger partial charge in [-0.15, -0.1) is 0 Å². The molecule has 4 nitrogen and oxygen atoms in total. The smallest absolute Gasteiger partial charge is 0.408 e. The van der Waals surface area contributed by atoms with Crippen LogP contribution in [0.1, 0.15) is 17.2 Å². The molecular formula is C15H11ClFNO3. The highest BCUT2D eigenvalue weighted by atomic mass is 35.5. The highest BCUT2D eigenvalue weighted by Crippen LogP contribution is 2.31. The van der Waals surface area contributed by atoms with Gasteiger partial charge >= 0.3 is 5.76 Å². The van der Waals surface area contributed by atoms with Crippen molar-refractivity contribution in [3.63, 3.8) is 0 Å². The molecule has 108 valence electrons. The summed E-state index contributed by atoms with van der Waals surface area (Å²) in [4.78, 5) is 11.5. The molecule has 21 heavy (non-hydrogen) atoms. The molecule has 0 aliphatic heterocycles. The van der Waals surface area contributed by atoms with E-state index in [1.807, 2.05) is 0 Å². The summed E-state index contributed by atoms with van der Waals surface area (Å²) < 4.78 is 20.3. The highest BCUT2D eigenvalue weighted by Gasteiger charge is 2.19. The van der Waals surface area contributed by atoms with E-state index in [2.05, 4.69) is 0 Å². The molecule has 0 amide bonds. The molecule has 2 aromatic carbocycles. The second-order valence-corrected chi connectivity index (χ2v) is 5.10. The number of halogens is 2. The van der Waals surface area contributed by atoms with Crippen molar-refractivity contribution in [1.29, 1.82) is 0 Å². The van der Waals surface area contributed by atoms with Gasteiger partial charge < -0.3 is 9.52 Å². The lowest BCUT2D eigenvalue weighted by Gasteiger charge is -2.14. The topological polar surface area (TPSA) is 55.4 Å². The van der Waals surface area contributed by atoms with Gasteiger partial charge in [-0.1, -0.05) is 23.7 Å². The molecule has 1 atom stereocenters. The Hall–Kier alpha value is -2.11. The fourth-order valence-electron chi connectivity index (χ4n) is 2.26. The Kier molecular flexibility index (Phi) is 3.31. The first kappa shape index (κ1) is 13.9. The lowest BCUT2D eigenvalue weighted by Crippen LogP contribution is -2.08. The van der Waals surface area contributed by atoms with Gasteiger partial charge in [0.2, 0.25) is 0 Å². The minimum absolute atomic E-state index is 0.00297. The first-order valence-corrected chi connectivity index (χ1v) is 6.58. The molecule has 1 N–H and O–H groups in total. The van der Waals surface area contributed by atoms with Gasteiger partial charge in [0.25, 0.3) is 0 Å². The first-order valence-electron chi connectivity index (χ1n) is 6.20. The minimum Gasteiger partial charge on any atom is -0.408 e. The predicted octanol–water partition coefficient (Wildman–Crippen LogP) is 3.01. The average molecular weight is 308 g/mol. The van der Waals surface area contributed by atoms with Crippen LogP contribution in [0.25, 0.3) is 11.1 Å². The molecule has 6 heteroatoms. The van der Waals surface area contributed by atoms with Crippen LogP contribution in [-0.4, -0.2) is 9.67 Å². The summed E-state index contributed by atoms with van der Waals surface area (Å²) in [6.07, 6.45) is -1.24. The van der Waals surface area contributed by atoms with E-state index in [0.29, 0.717) is 16.7 Å². The molecule has 1 unspecified atom stereocenters. The van der Waals surface area contributed by atoms with Crippen molar-refractivity contribution in [2.45, 2.75) is 6.10 Å². The van der Waals surface area contributed by atoms with Gasteiger partial charge in [-0.25, -0.2) is 9.18 Å². The van der Waals surface area contributed by atoms with Gasteiger partial charge in [0.05, 0.1) is 5.52 Å². The van der Waals surface area contributed by atoms with E-state index >= 15 is 0 Å². The second-order valence-electron chi connectivity index (χ2n) is 4.69. The fourth-order valence-corrected chi connectivity index (χ4v) is 2.53. The number of fused-ring (bicyclic) bond motifs is 1. The van der Waals surface area contributed by atoms with E-state index in [1.54, 1.807) is 19.2 Å². The number of nitrogens with zero attached hydrogens (tertiary/aromatic N) is 1. The number of oxazole rings is 1. The molecule has 0 aliphatic carbocycles. The van der Waals surface area contributed by atoms with Gasteiger partial charge in [0.1, 0.15) is 11.9 Å². The summed E-state index contributed by atoms with van der Waals surface area (Å²) in [5, 5.41) is 10.5. The number of hydrogen-bond donors (Lipinski definition) is 1. The third-order valence-electron chi connectivity index (χ3n) is 3.41. The highest BCUT2D eigenvalue weighted by molar-refractivity contribution is 6.31. The maximum absolute atomic E-state index is 13.8. The van der Waals surface area contributed by atoms with Gasteiger partial charge in [-0.05, 0) is 29.8 Å². The van der Waals surface area contributed by atoms with E-state index in [9.17, 15) is 14.3 Å². The third kappa shape index (κ3) is 2.24. The van der Waals surface area contributed by atoms with Crippen molar-refractivity contribution in [3.05, 3.63) is 68.9 Å². The van der Waals surface area contributed by atoms with Gasteiger partial charge in [0.15, 0.2) is 5.58 Å². The zero-order valence-electron chi connectivity index (χ0n) is 11.0. The molecule has 3 rings (SSSR count). The summed E-state index contributed by atoms with van der Waals surface area (Å²) in [7, 11) is 1.58. The second kappa shape index (κ2) is 5.02. The minimum atomic E-state index is -1.24. The predicted molar refractivity (Wildman–Crippen MR) is 76.9 cm³/mol. The Morgan fingerprint density at radius 3 is 2.81 bits per heavy atom. The number of aliphatic hydroxyl groups excluding tert-OH is 1. The number of aryl methyl sites for hydroxylation is 1. The zero-order valence-corrected chi connectivity index (χ0v) is 11.8. The van der Waals surface area contributed by atoms with E-state index in [0.717, 1.165) is 0 Å². The molecule has 0 bridgehead atoms. The van der Waals surface area contributed by atoms with Crippen LogP contribution in [0.3, 0.4) is 0 Å². The summed E-state index contributed by atoms with van der Waals surface area (Å²) in [5.41, 5.74) is 1.31. The van der Waals surface area contributed by atoms with Crippen molar-refractivity contribution in [2.75, 3.05) is 0 Å². The molecular weight excluding hydrogens is 297 g/mol. The lowest BCUT2D eigenvalue weighted by atomic mass is 10.0. The van der Waals surface area contributed by atoms with Gasteiger partial charge in [-0.2, -0.15) is 0 Å². The molecule has 0 aliphatic rings. The van der Waals surface area contributed by atoms with Crippen LogP contribution in [0.4, 0.5) is 4.39 Å².